The third kappa shape index (κ3) is 3.02. The lowest BCUT2D eigenvalue weighted by atomic mass is 10.0. The van der Waals surface area contributed by atoms with Crippen LogP contribution in [0.25, 0.3) is 0 Å². The molecule has 0 amide bonds. The summed E-state index contributed by atoms with van der Waals surface area (Å²) < 4.78 is 27.5. The molecule has 0 aliphatic carbocycles. The molecule has 1 heterocycles. The molecule has 2 aromatic rings. The maximum absolute atomic E-state index is 13.2. The Morgan fingerprint density at radius 1 is 1.12 bits per heavy atom. The normalized spacial score (nSPS) is 12.7. The Labute approximate surface area is 116 Å². The Morgan fingerprint density at radius 3 is 2.24 bits per heavy atom. The van der Waals surface area contributed by atoms with Gasteiger partial charge in [-0.2, -0.15) is 0 Å². The second-order valence-corrected chi connectivity index (χ2v) is 6.41. The van der Waals surface area contributed by atoms with E-state index in [1.54, 1.807) is 18.4 Å². The second-order valence-electron chi connectivity index (χ2n) is 3.61. The summed E-state index contributed by atoms with van der Waals surface area (Å²) in [7, 11) is 1.78. The minimum Gasteiger partial charge on any atom is -0.309 e. The SMILES string of the molecule is CNC(c1cc(F)cc(F)c1)c1csc(I)c1. The van der Waals surface area contributed by atoms with E-state index >= 15 is 0 Å². The first-order chi connectivity index (χ1) is 8.10. The molecular weight excluding hydrogens is 355 g/mol. The highest BCUT2D eigenvalue weighted by Gasteiger charge is 2.15. The summed E-state index contributed by atoms with van der Waals surface area (Å²) in [6, 6.07) is 5.42. The monoisotopic (exact) mass is 365 g/mol. The van der Waals surface area contributed by atoms with Crippen molar-refractivity contribution in [3.63, 3.8) is 0 Å². The van der Waals surface area contributed by atoms with Crippen LogP contribution in [0.3, 0.4) is 0 Å². The number of rotatable bonds is 3. The Morgan fingerprint density at radius 2 is 1.76 bits per heavy atom. The summed E-state index contributed by atoms with van der Waals surface area (Å²) in [4.78, 5) is 0. The first-order valence-electron chi connectivity index (χ1n) is 4.97. The molecule has 0 saturated heterocycles. The lowest BCUT2D eigenvalue weighted by molar-refractivity contribution is 0.572. The Kier molecular flexibility index (Phi) is 4.11. The summed E-state index contributed by atoms with van der Waals surface area (Å²) in [6.45, 7) is 0. The molecule has 1 unspecified atom stereocenters. The molecule has 0 aliphatic heterocycles. The molecule has 0 radical (unpaired) electrons. The van der Waals surface area contributed by atoms with Gasteiger partial charge < -0.3 is 5.32 Å². The smallest absolute Gasteiger partial charge is 0.126 e. The number of halogens is 3. The molecule has 1 aromatic carbocycles. The first kappa shape index (κ1) is 12.9. The molecular formula is C12H10F2INS. The van der Waals surface area contributed by atoms with Crippen molar-refractivity contribution in [3.8, 4) is 0 Å². The predicted octanol–water partition coefficient (Wildman–Crippen LogP) is 3.94. The van der Waals surface area contributed by atoms with Crippen LogP contribution < -0.4 is 5.32 Å². The van der Waals surface area contributed by atoms with Gasteiger partial charge in [-0.05, 0) is 64.3 Å². The largest absolute Gasteiger partial charge is 0.309 e. The molecule has 0 spiro atoms. The van der Waals surface area contributed by atoms with Gasteiger partial charge >= 0.3 is 0 Å². The zero-order valence-corrected chi connectivity index (χ0v) is 12.0. The van der Waals surface area contributed by atoms with Crippen molar-refractivity contribution in [2.75, 3.05) is 7.05 Å². The Balaban J connectivity index is 2.41. The minimum atomic E-state index is -0.551. The molecule has 0 aliphatic rings. The summed E-state index contributed by atoms with van der Waals surface area (Å²) in [5, 5.41) is 5.06. The molecule has 2 rings (SSSR count). The molecule has 90 valence electrons. The van der Waals surface area contributed by atoms with E-state index in [0.29, 0.717) is 5.56 Å². The maximum Gasteiger partial charge on any atom is 0.126 e. The fourth-order valence-corrected chi connectivity index (χ4v) is 3.14. The maximum atomic E-state index is 13.2. The van der Waals surface area contributed by atoms with E-state index in [-0.39, 0.29) is 6.04 Å². The van der Waals surface area contributed by atoms with Crippen molar-refractivity contribution in [3.05, 3.63) is 55.3 Å². The van der Waals surface area contributed by atoms with E-state index in [4.69, 9.17) is 0 Å². The van der Waals surface area contributed by atoms with Gasteiger partial charge in [0.2, 0.25) is 0 Å². The van der Waals surface area contributed by atoms with Gasteiger partial charge in [0.05, 0.1) is 8.93 Å². The van der Waals surface area contributed by atoms with Gasteiger partial charge in [-0.15, -0.1) is 11.3 Å². The lowest BCUT2D eigenvalue weighted by Crippen LogP contribution is -2.17. The lowest BCUT2D eigenvalue weighted by Gasteiger charge is -2.15. The summed E-state index contributed by atoms with van der Waals surface area (Å²) >= 11 is 3.84. The topological polar surface area (TPSA) is 12.0 Å². The molecule has 1 aromatic heterocycles. The van der Waals surface area contributed by atoms with Crippen LogP contribution in [0.1, 0.15) is 17.2 Å². The van der Waals surface area contributed by atoms with Gasteiger partial charge in [-0.25, -0.2) is 8.78 Å². The molecule has 0 saturated carbocycles. The van der Waals surface area contributed by atoms with E-state index < -0.39 is 11.6 Å². The zero-order chi connectivity index (χ0) is 12.4. The van der Waals surface area contributed by atoms with Crippen LogP contribution in [-0.4, -0.2) is 7.05 Å². The predicted molar refractivity (Wildman–Crippen MR) is 74.3 cm³/mol. The van der Waals surface area contributed by atoms with E-state index in [1.165, 1.54) is 12.1 Å². The van der Waals surface area contributed by atoms with Gasteiger partial charge in [0.1, 0.15) is 11.6 Å². The summed E-state index contributed by atoms with van der Waals surface area (Å²) in [5.41, 5.74) is 1.62. The number of nitrogens with one attached hydrogen (secondary N) is 1. The third-order valence-electron chi connectivity index (χ3n) is 2.43. The second kappa shape index (κ2) is 5.41. The average molecular weight is 365 g/mol. The van der Waals surface area contributed by atoms with E-state index in [2.05, 4.69) is 27.9 Å². The number of hydrogen-bond acceptors (Lipinski definition) is 2. The zero-order valence-electron chi connectivity index (χ0n) is 9.01. The highest BCUT2D eigenvalue weighted by atomic mass is 127. The van der Waals surface area contributed by atoms with E-state index in [1.807, 2.05) is 11.4 Å². The number of hydrogen-bond donors (Lipinski definition) is 1. The van der Waals surface area contributed by atoms with Crippen molar-refractivity contribution in [1.82, 2.24) is 5.32 Å². The van der Waals surface area contributed by atoms with Crippen molar-refractivity contribution in [2.45, 2.75) is 6.04 Å². The van der Waals surface area contributed by atoms with Crippen molar-refractivity contribution in [2.24, 2.45) is 0 Å². The van der Waals surface area contributed by atoms with Gasteiger partial charge in [-0.3, -0.25) is 0 Å². The molecule has 1 nitrogen and oxygen atoms in total. The Bertz CT molecular complexity index is 507. The fraction of sp³-hybridized carbons (Fsp3) is 0.167. The first-order valence-corrected chi connectivity index (χ1v) is 6.93. The summed E-state index contributed by atoms with van der Waals surface area (Å²) in [5.74, 6) is -1.10. The number of thiophene rings is 1. The van der Waals surface area contributed by atoms with Gasteiger partial charge in [-0.1, -0.05) is 0 Å². The van der Waals surface area contributed by atoms with Crippen LogP contribution in [0.5, 0.6) is 0 Å². The fourth-order valence-electron chi connectivity index (χ4n) is 1.74. The number of benzene rings is 1. The van der Waals surface area contributed by atoms with E-state index in [9.17, 15) is 8.78 Å². The Hall–Kier alpha value is -0.530. The van der Waals surface area contributed by atoms with Crippen molar-refractivity contribution < 1.29 is 8.78 Å². The highest BCUT2D eigenvalue weighted by molar-refractivity contribution is 14.1. The minimum absolute atomic E-state index is 0.181. The van der Waals surface area contributed by atoms with Crippen LogP contribution >= 0.6 is 33.9 Å². The molecule has 17 heavy (non-hydrogen) atoms. The summed E-state index contributed by atoms with van der Waals surface area (Å²) in [6.07, 6.45) is 0. The quantitative estimate of drug-likeness (QED) is 0.813. The van der Waals surface area contributed by atoms with Crippen LogP contribution in [0, 0.1) is 14.5 Å². The van der Waals surface area contributed by atoms with Gasteiger partial charge in [0.25, 0.3) is 0 Å². The van der Waals surface area contributed by atoms with Crippen LogP contribution in [-0.2, 0) is 0 Å². The van der Waals surface area contributed by atoms with Gasteiger partial charge in [0.15, 0.2) is 0 Å². The van der Waals surface area contributed by atoms with Crippen LogP contribution in [0.2, 0.25) is 0 Å². The van der Waals surface area contributed by atoms with Crippen molar-refractivity contribution in [1.29, 1.82) is 0 Å². The molecule has 5 heteroatoms. The van der Waals surface area contributed by atoms with Crippen LogP contribution in [0.15, 0.2) is 29.6 Å². The molecule has 0 fully saturated rings. The van der Waals surface area contributed by atoms with E-state index in [0.717, 1.165) is 14.5 Å². The third-order valence-corrected chi connectivity index (χ3v) is 4.24. The van der Waals surface area contributed by atoms with Crippen LogP contribution in [0.4, 0.5) is 8.78 Å². The molecule has 1 atom stereocenters. The molecule has 0 bridgehead atoms. The van der Waals surface area contributed by atoms with Crippen molar-refractivity contribution >= 4 is 33.9 Å². The standard InChI is InChI=1S/C12H10F2INS/c1-16-12(8-4-11(15)17-6-8)7-2-9(13)5-10(14)3-7/h2-6,12,16H,1H3. The highest BCUT2D eigenvalue weighted by Crippen LogP contribution is 2.27. The van der Waals surface area contributed by atoms with Gasteiger partial charge in [0, 0.05) is 6.07 Å². The average Bonchev–Trinajstić information content (AvgIpc) is 2.64. The molecule has 1 N–H and O–H groups in total.